The number of aliphatic hydroxyl groups excluding tert-OH is 1. The lowest BCUT2D eigenvalue weighted by Gasteiger charge is -2.57. The smallest absolute Gasteiger partial charge is 0.261 e. The zero-order valence-electron chi connectivity index (χ0n) is 37.8. The van der Waals surface area contributed by atoms with Gasteiger partial charge in [-0.2, -0.15) is 0 Å². The van der Waals surface area contributed by atoms with Crippen molar-refractivity contribution in [3.63, 3.8) is 0 Å². The van der Waals surface area contributed by atoms with Crippen LogP contribution in [-0.4, -0.2) is 67.7 Å². The molecular formula is C47H80O5Si3. The molecule has 0 bridgehead atoms. The Morgan fingerprint density at radius 3 is 1.60 bits per heavy atom. The van der Waals surface area contributed by atoms with Crippen molar-refractivity contribution in [1.82, 2.24) is 0 Å². The first-order valence-corrected chi connectivity index (χ1v) is 29.4. The third-order valence-corrected chi connectivity index (χ3v) is 29.6. The van der Waals surface area contributed by atoms with Crippen molar-refractivity contribution in [3.8, 4) is 0 Å². The van der Waals surface area contributed by atoms with Crippen LogP contribution in [0.1, 0.15) is 102 Å². The molecule has 9 atom stereocenters. The number of hydrogen-bond donors (Lipinski definition) is 1. The average Bonchev–Trinajstić information content (AvgIpc) is 3.87. The van der Waals surface area contributed by atoms with E-state index >= 15 is 0 Å². The number of fused-ring (bicyclic) bond motifs is 1. The van der Waals surface area contributed by atoms with Crippen molar-refractivity contribution >= 4 is 35.3 Å². The third kappa shape index (κ3) is 9.07. The SMILES string of the molecule is CC(C)[C@@H](CO[Si](C)(C)C(C)(C)C)[C@@H]1C[C@]2(CO2)[C@@H](O)[C@H]2[C@@H]1C[C@H](O[Si](c1ccccc1)(c1ccccc1)C(C)(C)C)C[C@H]2[C@H](C)CO[Si](C)(C)C(C)(C)C. The molecule has 55 heavy (non-hydrogen) atoms. The summed E-state index contributed by atoms with van der Waals surface area (Å²) in [5, 5.41) is 15.4. The van der Waals surface area contributed by atoms with Crippen LogP contribution in [0, 0.1) is 41.4 Å². The molecule has 8 heteroatoms. The maximum Gasteiger partial charge on any atom is 0.261 e. The maximum absolute atomic E-state index is 12.6. The van der Waals surface area contributed by atoms with Crippen LogP contribution < -0.4 is 10.4 Å². The summed E-state index contributed by atoms with van der Waals surface area (Å²) in [4.78, 5) is 0. The second-order valence-corrected chi connectivity index (χ2v) is 36.3. The Balaban J connectivity index is 1.62. The minimum atomic E-state index is -2.83. The molecule has 2 aliphatic carbocycles. The van der Waals surface area contributed by atoms with Crippen LogP contribution in [-0.2, 0) is 18.0 Å². The highest BCUT2D eigenvalue weighted by molar-refractivity contribution is 6.99. The fourth-order valence-electron chi connectivity index (χ4n) is 9.80. The first-order chi connectivity index (χ1) is 25.3. The normalized spacial score (nSPS) is 29.3. The van der Waals surface area contributed by atoms with Gasteiger partial charge in [0.2, 0.25) is 0 Å². The number of aliphatic hydroxyl groups is 1. The average molecular weight is 809 g/mol. The summed E-state index contributed by atoms with van der Waals surface area (Å²) in [5.74, 6) is 2.07. The molecule has 5 rings (SSSR count). The van der Waals surface area contributed by atoms with Crippen LogP contribution >= 0.6 is 0 Å². The fourth-order valence-corrected chi connectivity index (χ4v) is 16.7. The maximum atomic E-state index is 12.6. The Morgan fingerprint density at radius 1 is 0.709 bits per heavy atom. The van der Waals surface area contributed by atoms with Gasteiger partial charge in [0.25, 0.3) is 8.32 Å². The summed E-state index contributed by atoms with van der Waals surface area (Å²) in [6.45, 7) is 40.0. The number of ether oxygens (including phenoxy) is 1. The zero-order chi connectivity index (χ0) is 41.0. The summed E-state index contributed by atoms with van der Waals surface area (Å²) in [6, 6.07) is 22.3. The first kappa shape index (κ1) is 45.0. The van der Waals surface area contributed by atoms with Gasteiger partial charge in [-0.05, 0) is 112 Å². The Bertz CT molecular complexity index is 1500. The predicted molar refractivity (Wildman–Crippen MR) is 239 cm³/mol. The standard InChI is InChI=1S/C47H80O5Si3/c1-33(2)41(31-51-54(15,16)45(7,8)9)40-29-47(32-49-47)43(48)42-38(34(3)30-50-53(13,14)44(4,5)6)27-35(28-39(40)42)52-55(46(10,11)12,36-23-19-17-20-24-36)37-25-21-18-22-26-37/h17-26,33-35,38-43,48H,27-32H2,1-16H3/t34-,35-,38+,39-,40-,41-,42-,43+,47+/m1/s1. The van der Waals surface area contributed by atoms with Crippen molar-refractivity contribution < 1.29 is 23.1 Å². The molecule has 1 spiro atoms. The van der Waals surface area contributed by atoms with E-state index in [1.54, 1.807) is 0 Å². The van der Waals surface area contributed by atoms with E-state index in [4.69, 9.17) is 18.0 Å². The lowest BCUT2D eigenvalue weighted by atomic mass is 9.52. The molecule has 1 N–H and O–H groups in total. The van der Waals surface area contributed by atoms with Crippen molar-refractivity contribution in [2.75, 3.05) is 19.8 Å². The highest BCUT2D eigenvalue weighted by atomic mass is 28.4. The fraction of sp³-hybridized carbons (Fsp3) is 0.745. The molecule has 3 fully saturated rings. The van der Waals surface area contributed by atoms with E-state index in [-0.39, 0.29) is 44.9 Å². The van der Waals surface area contributed by atoms with Gasteiger partial charge in [0.1, 0.15) is 5.60 Å². The van der Waals surface area contributed by atoms with Crippen LogP contribution in [0.25, 0.3) is 0 Å². The quantitative estimate of drug-likeness (QED) is 0.161. The van der Waals surface area contributed by atoms with Crippen LogP contribution in [0.15, 0.2) is 60.7 Å². The number of benzene rings is 2. The molecule has 3 aliphatic rings. The summed E-state index contributed by atoms with van der Waals surface area (Å²) < 4.78 is 28.6. The molecule has 1 aliphatic heterocycles. The summed E-state index contributed by atoms with van der Waals surface area (Å²) in [7, 11) is -6.80. The highest BCUT2D eigenvalue weighted by Gasteiger charge is 2.65. The molecule has 5 nitrogen and oxygen atoms in total. The minimum absolute atomic E-state index is 0.0471. The van der Waals surface area contributed by atoms with Crippen LogP contribution in [0.2, 0.25) is 41.3 Å². The number of epoxide rings is 1. The molecule has 2 aromatic carbocycles. The van der Waals surface area contributed by atoms with Crippen LogP contribution in [0.3, 0.4) is 0 Å². The van der Waals surface area contributed by atoms with Gasteiger partial charge in [-0.25, -0.2) is 0 Å². The predicted octanol–water partition coefficient (Wildman–Crippen LogP) is 10.7. The van der Waals surface area contributed by atoms with Gasteiger partial charge >= 0.3 is 0 Å². The molecule has 1 saturated heterocycles. The second-order valence-electron chi connectivity index (χ2n) is 22.5. The molecular weight excluding hydrogens is 729 g/mol. The van der Waals surface area contributed by atoms with E-state index in [9.17, 15) is 5.11 Å². The lowest BCUT2D eigenvalue weighted by molar-refractivity contribution is -0.145. The summed E-state index contributed by atoms with van der Waals surface area (Å²) >= 11 is 0. The van der Waals surface area contributed by atoms with Gasteiger partial charge in [-0.3, -0.25) is 0 Å². The number of hydrogen-bond acceptors (Lipinski definition) is 5. The second kappa shape index (κ2) is 16.2. The minimum Gasteiger partial charge on any atom is -0.417 e. The van der Waals surface area contributed by atoms with E-state index in [1.807, 2.05) is 0 Å². The molecule has 0 radical (unpaired) electrons. The highest BCUT2D eigenvalue weighted by Crippen LogP contribution is 2.60. The molecule has 2 saturated carbocycles. The van der Waals surface area contributed by atoms with Crippen LogP contribution in [0.4, 0.5) is 0 Å². The topological polar surface area (TPSA) is 60.5 Å². The van der Waals surface area contributed by atoms with E-state index in [2.05, 4.69) is 170 Å². The van der Waals surface area contributed by atoms with E-state index in [0.717, 1.165) is 25.9 Å². The third-order valence-electron chi connectivity index (χ3n) is 15.5. The largest absolute Gasteiger partial charge is 0.417 e. The Morgan fingerprint density at radius 2 is 1.18 bits per heavy atom. The zero-order valence-corrected chi connectivity index (χ0v) is 40.8. The van der Waals surface area contributed by atoms with Gasteiger partial charge < -0.3 is 23.1 Å². The first-order valence-electron chi connectivity index (χ1n) is 21.7. The lowest BCUT2D eigenvalue weighted by Crippen LogP contribution is -2.68. The van der Waals surface area contributed by atoms with Crippen LogP contribution in [0.5, 0.6) is 0 Å². The molecule has 0 unspecified atom stereocenters. The monoisotopic (exact) mass is 809 g/mol. The molecule has 0 aromatic heterocycles. The van der Waals surface area contributed by atoms with E-state index < -0.39 is 36.7 Å². The molecule has 0 amide bonds. The van der Waals surface area contributed by atoms with Crippen molar-refractivity contribution in [3.05, 3.63) is 60.7 Å². The summed E-state index contributed by atoms with van der Waals surface area (Å²) in [6.07, 6.45) is 2.32. The Hall–Kier alpha value is -1.11. The summed E-state index contributed by atoms with van der Waals surface area (Å²) in [5.41, 5.74) is -0.445. The Kier molecular flexibility index (Phi) is 13.2. The number of rotatable bonds is 13. The van der Waals surface area contributed by atoms with Gasteiger partial charge in [0.05, 0.1) is 12.7 Å². The van der Waals surface area contributed by atoms with Crippen molar-refractivity contribution in [1.29, 1.82) is 0 Å². The van der Waals surface area contributed by atoms with Crippen molar-refractivity contribution in [2.45, 2.75) is 161 Å². The molecule has 2 aromatic rings. The van der Waals surface area contributed by atoms with Gasteiger partial charge in [0.15, 0.2) is 16.6 Å². The molecule has 310 valence electrons. The van der Waals surface area contributed by atoms with Gasteiger partial charge in [0, 0.05) is 19.3 Å². The van der Waals surface area contributed by atoms with Gasteiger partial charge in [-0.1, -0.05) is 144 Å². The van der Waals surface area contributed by atoms with Crippen molar-refractivity contribution in [2.24, 2.45) is 41.4 Å². The Labute approximate surface area is 340 Å². The van der Waals surface area contributed by atoms with E-state index in [1.165, 1.54) is 10.4 Å². The van der Waals surface area contributed by atoms with E-state index in [0.29, 0.717) is 31.0 Å². The molecule has 1 heterocycles. The van der Waals surface area contributed by atoms with Gasteiger partial charge in [-0.15, -0.1) is 0 Å².